The fourth-order valence-electron chi connectivity index (χ4n) is 1.57. The number of halogens is 3. The van der Waals surface area contributed by atoms with Gasteiger partial charge in [0.2, 0.25) is 0 Å². The number of rotatable bonds is 1. The third-order valence-corrected chi connectivity index (χ3v) is 2.22. The van der Waals surface area contributed by atoms with Crippen LogP contribution in [-0.4, -0.2) is 12.3 Å². The molecule has 0 unspecified atom stereocenters. The number of hydrogen-bond acceptors (Lipinski definition) is 3. The molecule has 1 heterocycles. The van der Waals surface area contributed by atoms with Crippen LogP contribution in [0, 0.1) is 11.3 Å². The van der Waals surface area contributed by atoms with Gasteiger partial charge in [-0.15, -0.1) is 13.2 Å². The molecule has 0 saturated heterocycles. The molecule has 0 fully saturated rings. The van der Waals surface area contributed by atoms with E-state index in [2.05, 4.69) is 10.1 Å². The second-order valence-corrected chi connectivity index (χ2v) is 3.40. The zero-order valence-corrected chi connectivity index (χ0v) is 8.71. The average Bonchev–Trinajstić information content (AvgIpc) is 2.54. The van der Waals surface area contributed by atoms with Crippen LogP contribution in [0.3, 0.4) is 0 Å². The lowest BCUT2D eigenvalue weighted by Gasteiger charge is -2.09. The number of carbonyl (C=O) groups excluding carboxylic acids is 1. The lowest BCUT2D eigenvalue weighted by atomic mass is 10.1. The van der Waals surface area contributed by atoms with E-state index in [4.69, 9.17) is 5.26 Å². The van der Waals surface area contributed by atoms with Crippen molar-refractivity contribution in [1.29, 1.82) is 5.26 Å². The smallest absolute Gasteiger partial charge is 0.406 e. The number of alkyl halides is 3. The molecular weight excluding hydrogens is 249 g/mol. The summed E-state index contributed by atoms with van der Waals surface area (Å²) in [5.74, 6) is -0.975. The number of allylic oxidation sites excluding steroid dienone is 1. The summed E-state index contributed by atoms with van der Waals surface area (Å²) in [4.78, 5) is 11.4. The van der Waals surface area contributed by atoms with Crippen molar-refractivity contribution in [2.24, 2.45) is 0 Å². The summed E-state index contributed by atoms with van der Waals surface area (Å²) in [6, 6.07) is 5.09. The molecular formula is C11H5F3N2O2. The molecule has 1 aromatic carbocycles. The van der Waals surface area contributed by atoms with Crippen LogP contribution in [0.2, 0.25) is 0 Å². The second kappa shape index (κ2) is 4.07. The number of hydrogen-bond donors (Lipinski definition) is 1. The number of nitrogens with zero attached hydrogens (tertiary/aromatic N) is 1. The molecule has 7 heteroatoms. The van der Waals surface area contributed by atoms with Crippen LogP contribution in [-0.2, 0) is 4.79 Å². The largest absolute Gasteiger partial charge is 0.573 e. The van der Waals surface area contributed by atoms with Gasteiger partial charge in [0.05, 0.1) is 11.6 Å². The van der Waals surface area contributed by atoms with Gasteiger partial charge in [0.15, 0.2) is 0 Å². The number of nitriles is 1. The zero-order chi connectivity index (χ0) is 13.3. The number of amides is 1. The molecule has 0 aromatic heterocycles. The van der Waals surface area contributed by atoms with Gasteiger partial charge in [-0.3, -0.25) is 4.79 Å². The summed E-state index contributed by atoms with van der Waals surface area (Å²) in [5, 5.41) is 10.9. The Bertz CT molecular complexity index is 585. The Morgan fingerprint density at radius 1 is 1.39 bits per heavy atom. The van der Waals surface area contributed by atoms with Gasteiger partial charge in [-0.25, -0.2) is 0 Å². The van der Waals surface area contributed by atoms with Gasteiger partial charge in [-0.05, 0) is 18.2 Å². The van der Waals surface area contributed by atoms with Gasteiger partial charge in [0, 0.05) is 17.3 Å². The lowest BCUT2D eigenvalue weighted by Crippen LogP contribution is -2.17. The van der Waals surface area contributed by atoms with E-state index in [0.29, 0.717) is 5.69 Å². The minimum absolute atomic E-state index is 0.0140. The van der Waals surface area contributed by atoms with E-state index in [-0.39, 0.29) is 11.1 Å². The van der Waals surface area contributed by atoms with Crippen molar-refractivity contribution in [1.82, 2.24) is 0 Å². The molecule has 92 valence electrons. The number of ether oxygens (including phenoxy) is 1. The highest BCUT2D eigenvalue weighted by atomic mass is 19.4. The van der Waals surface area contributed by atoms with Crippen molar-refractivity contribution < 1.29 is 22.7 Å². The minimum atomic E-state index is -4.80. The van der Waals surface area contributed by atoms with Crippen molar-refractivity contribution in [2.45, 2.75) is 6.36 Å². The fraction of sp³-hybridized carbons (Fsp3) is 0.0909. The summed E-state index contributed by atoms with van der Waals surface area (Å²) in [7, 11) is 0. The Morgan fingerprint density at radius 2 is 2.11 bits per heavy atom. The lowest BCUT2D eigenvalue weighted by molar-refractivity contribution is -0.274. The Kier molecular flexibility index (Phi) is 2.71. The highest BCUT2D eigenvalue weighted by molar-refractivity contribution is 6.31. The van der Waals surface area contributed by atoms with Crippen LogP contribution in [0.25, 0.3) is 5.57 Å². The first-order valence-electron chi connectivity index (χ1n) is 4.72. The third kappa shape index (κ3) is 2.27. The number of carbonyl (C=O) groups is 1. The van der Waals surface area contributed by atoms with Gasteiger partial charge < -0.3 is 10.1 Å². The van der Waals surface area contributed by atoms with Crippen molar-refractivity contribution in [3.63, 3.8) is 0 Å². The standard InChI is InChI=1S/C11H5F3N2O2/c12-11(13,14)18-6-1-2-9-8(5-6)7(3-4-15)10(17)16-9/h1-3,5H,(H,16,17)/b7-3+. The molecule has 1 amide bonds. The molecule has 2 rings (SSSR count). The van der Waals surface area contributed by atoms with Crippen LogP contribution in [0.1, 0.15) is 5.56 Å². The summed E-state index contributed by atoms with van der Waals surface area (Å²) >= 11 is 0. The second-order valence-electron chi connectivity index (χ2n) is 3.40. The van der Waals surface area contributed by atoms with Crippen molar-refractivity contribution in [3.8, 4) is 11.8 Å². The van der Waals surface area contributed by atoms with Crippen LogP contribution < -0.4 is 10.1 Å². The number of nitrogens with one attached hydrogen (secondary N) is 1. The monoisotopic (exact) mass is 254 g/mol. The number of benzene rings is 1. The Hall–Kier alpha value is -2.49. The first kappa shape index (κ1) is 12.0. The third-order valence-electron chi connectivity index (χ3n) is 2.22. The predicted octanol–water partition coefficient (Wildman–Crippen LogP) is 2.44. The summed E-state index contributed by atoms with van der Waals surface area (Å²) in [5.41, 5.74) is 0.569. The summed E-state index contributed by atoms with van der Waals surface area (Å²) in [6.07, 6.45) is -3.83. The molecule has 0 saturated carbocycles. The van der Waals surface area contributed by atoms with Gasteiger partial charge in [-0.1, -0.05) is 0 Å². The van der Waals surface area contributed by atoms with Gasteiger partial charge in [0.25, 0.3) is 5.91 Å². The number of anilines is 1. The van der Waals surface area contributed by atoms with E-state index < -0.39 is 18.0 Å². The van der Waals surface area contributed by atoms with Crippen molar-refractivity contribution >= 4 is 17.2 Å². The van der Waals surface area contributed by atoms with Gasteiger partial charge in [0.1, 0.15) is 5.75 Å². The molecule has 0 radical (unpaired) electrons. The first-order valence-corrected chi connectivity index (χ1v) is 4.72. The highest BCUT2D eigenvalue weighted by Crippen LogP contribution is 2.35. The molecule has 0 aliphatic carbocycles. The average molecular weight is 254 g/mol. The minimum Gasteiger partial charge on any atom is -0.406 e. The van der Waals surface area contributed by atoms with Crippen LogP contribution in [0.4, 0.5) is 18.9 Å². The van der Waals surface area contributed by atoms with Crippen LogP contribution >= 0.6 is 0 Å². The van der Waals surface area contributed by atoms with E-state index in [1.807, 2.05) is 0 Å². The Morgan fingerprint density at radius 3 is 2.72 bits per heavy atom. The summed E-state index contributed by atoms with van der Waals surface area (Å²) in [6.45, 7) is 0. The molecule has 1 N–H and O–H groups in total. The predicted molar refractivity (Wildman–Crippen MR) is 55.3 cm³/mol. The van der Waals surface area contributed by atoms with Gasteiger partial charge >= 0.3 is 6.36 Å². The molecule has 1 aliphatic rings. The molecule has 0 bridgehead atoms. The maximum absolute atomic E-state index is 12.0. The zero-order valence-electron chi connectivity index (χ0n) is 8.71. The van der Waals surface area contributed by atoms with E-state index >= 15 is 0 Å². The Balaban J connectivity index is 2.42. The van der Waals surface area contributed by atoms with Crippen molar-refractivity contribution in [2.75, 3.05) is 5.32 Å². The molecule has 1 aliphatic heterocycles. The van der Waals surface area contributed by atoms with E-state index in [9.17, 15) is 18.0 Å². The van der Waals surface area contributed by atoms with Crippen LogP contribution in [0.5, 0.6) is 5.75 Å². The highest BCUT2D eigenvalue weighted by Gasteiger charge is 2.32. The van der Waals surface area contributed by atoms with Crippen molar-refractivity contribution in [3.05, 3.63) is 29.8 Å². The molecule has 0 spiro atoms. The molecule has 4 nitrogen and oxygen atoms in total. The normalized spacial score (nSPS) is 16.1. The van der Waals surface area contributed by atoms with E-state index in [0.717, 1.165) is 18.2 Å². The fourth-order valence-corrected chi connectivity index (χ4v) is 1.57. The molecule has 1 aromatic rings. The quantitative estimate of drug-likeness (QED) is 0.618. The topological polar surface area (TPSA) is 62.1 Å². The maximum Gasteiger partial charge on any atom is 0.573 e. The van der Waals surface area contributed by atoms with E-state index in [1.54, 1.807) is 6.07 Å². The first-order chi connectivity index (χ1) is 8.40. The molecule has 0 atom stereocenters. The van der Waals surface area contributed by atoms with E-state index in [1.165, 1.54) is 6.07 Å². The van der Waals surface area contributed by atoms with Crippen LogP contribution in [0.15, 0.2) is 24.3 Å². The Labute approximate surface area is 99.3 Å². The van der Waals surface area contributed by atoms with Gasteiger partial charge in [-0.2, -0.15) is 5.26 Å². The number of fused-ring (bicyclic) bond motifs is 1. The SMILES string of the molecule is N#C/C=C1/C(=O)Nc2ccc(OC(F)(F)F)cc21. The summed E-state index contributed by atoms with van der Waals surface area (Å²) < 4.78 is 39.9. The maximum atomic E-state index is 12.0. The molecule has 18 heavy (non-hydrogen) atoms.